The minimum absolute atomic E-state index is 0.0516. The van der Waals surface area contributed by atoms with Gasteiger partial charge in [-0.1, -0.05) is 6.07 Å². The highest BCUT2D eigenvalue weighted by atomic mass is 32.2. The number of carbonyl (C=O) groups is 1. The number of fused-ring (bicyclic) bond motifs is 1. The molecule has 0 radical (unpaired) electrons. The van der Waals surface area contributed by atoms with Gasteiger partial charge < -0.3 is 11.1 Å². The molecule has 1 aromatic carbocycles. The Hall–Kier alpha value is -1.44. The highest BCUT2D eigenvalue weighted by Crippen LogP contribution is 2.27. The van der Waals surface area contributed by atoms with E-state index < -0.39 is 10.0 Å². The second kappa shape index (κ2) is 5.64. The van der Waals surface area contributed by atoms with E-state index in [-0.39, 0.29) is 22.9 Å². The molecule has 2 aliphatic heterocycles. The summed E-state index contributed by atoms with van der Waals surface area (Å²) in [4.78, 5) is 12.1. The SMILES string of the molecule is CC1CC(N)CCN1S(=O)(=O)c1ccc2c(c1)C(=O)NCC2. The van der Waals surface area contributed by atoms with Gasteiger partial charge in [0.25, 0.3) is 5.91 Å². The fraction of sp³-hybridized carbons (Fsp3) is 0.533. The van der Waals surface area contributed by atoms with Gasteiger partial charge in [-0.05, 0) is 43.9 Å². The number of hydrogen-bond acceptors (Lipinski definition) is 4. The molecule has 2 heterocycles. The van der Waals surface area contributed by atoms with Crippen molar-refractivity contribution in [2.24, 2.45) is 5.73 Å². The van der Waals surface area contributed by atoms with Crippen LogP contribution in [0.25, 0.3) is 0 Å². The Morgan fingerprint density at radius 2 is 2.14 bits per heavy atom. The molecule has 2 atom stereocenters. The number of nitrogens with two attached hydrogens (primary N) is 1. The van der Waals surface area contributed by atoms with Crippen LogP contribution in [-0.4, -0.2) is 43.8 Å². The van der Waals surface area contributed by atoms with E-state index in [0.717, 1.165) is 12.0 Å². The molecule has 2 unspecified atom stereocenters. The summed E-state index contributed by atoms with van der Waals surface area (Å²) in [6.45, 7) is 2.90. The lowest BCUT2D eigenvalue weighted by atomic mass is 10.0. The van der Waals surface area contributed by atoms with Crippen LogP contribution < -0.4 is 11.1 Å². The van der Waals surface area contributed by atoms with Crippen molar-refractivity contribution in [3.63, 3.8) is 0 Å². The lowest BCUT2D eigenvalue weighted by molar-refractivity contribution is 0.0945. The molecule has 1 aromatic rings. The van der Waals surface area contributed by atoms with Crippen molar-refractivity contribution in [3.05, 3.63) is 29.3 Å². The summed E-state index contributed by atoms with van der Waals surface area (Å²) in [6.07, 6.45) is 2.05. The quantitative estimate of drug-likeness (QED) is 0.827. The molecule has 0 saturated carbocycles. The lowest BCUT2D eigenvalue weighted by Crippen LogP contribution is -2.48. The predicted octanol–water partition coefficient (Wildman–Crippen LogP) is 0.473. The lowest BCUT2D eigenvalue weighted by Gasteiger charge is -2.35. The zero-order valence-electron chi connectivity index (χ0n) is 12.6. The number of carbonyl (C=O) groups excluding carboxylic acids is 1. The van der Waals surface area contributed by atoms with Crippen LogP contribution in [-0.2, 0) is 16.4 Å². The van der Waals surface area contributed by atoms with Crippen LogP contribution in [0.15, 0.2) is 23.1 Å². The molecule has 0 aromatic heterocycles. The number of sulfonamides is 1. The first-order valence-electron chi connectivity index (χ1n) is 7.58. The molecule has 1 fully saturated rings. The fourth-order valence-electron chi connectivity index (χ4n) is 3.23. The number of nitrogens with zero attached hydrogens (tertiary/aromatic N) is 1. The van der Waals surface area contributed by atoms with Gasteiger partial charge in [-0.2, -0.15) is 4.31 Å². The molecule has 3 N–H and O–H groups in total. The molecule has 6 nitrogen and oxygen atoms in total. The third kappa shape index (κ3) is 2.64. The van der Waals surface area contributed by atoms with Crippen molar-refractivity contribution in [2.45, 2.75) is 43.2 Å². The van der Waals surface area contributed by atoms with Crippen molar-refractivity contribution in [1.29, 1.82) is 0 Å². The van der Waals surface area contributed by atoms with Gasteiger partial charge in [-0.15, -0.1) is 0 Å². The topological polar surface area (TPSA) is 92.5 Å². The molecule has 120 valence electrons. The number of benzene rings is 1. The van der Waals surface area contributed by atoms with E-state index >= 15 is 0 Å². The maximum Gasteiger partial charge on any atom is 0.251 e. The summed E-state index contributed by atoms with van der Waals surface area (Å²) in [5.74, 6) is -0.202. The number of amides is 1. The standard InChI is InChI=1S/C15H21N3O3S/c1-10-8-12(16)5-7-18(10)22(20,21)13-3-2-11-4-6-17-15(19)14(11)9-13/h2-3,9-10,12H,4-8,16H2,1H3,(H,17,19). The Morgan fingerprint density at radius 3 is 2.86 bits per heavy atom. The van der Waals surface area contributed by atoms with Crippen LogP contribution in [0.3, 0.4) is 0 Å². The van der Waals surface area contributed by atoms with Crippen LogP contribution in [0.5, 0.6) is 0 Å². The zero-order valence-corrected chi connectivity index (χ0v) is 13.4. The molecule has 7 heteroatoms. The molecular formula is C15H21N3O3S. The summed E-state index contributed by atoms with van der Waals surface area (Å²) in [6, 6.07) is 4.78. The van der Waals surface area contributed by atoms with Crippen LogP contribution in [0.1, 0.15) is 35.7 Å². The fourth-order valence-corrected chi connectivity index (χ4v) is 4.91. The van der Waals surface area contributed by atoms with Gasteiger partial charge >= 0.3 is 0 Å². The molecule has 22 heavy (non-hydrogen) atoms. The number of rotatable bonds is 2. The van der Waals surface area contributed by atoms with Gasteiger partial charge in [0.1, 0.15) is 0 Å². The Morgan fingerprint density at radius 1 is 1.36 bits per heavy atom. The second-order valence-corrected chi connectivity index (χ2v) is 7.96. The Bertz CT molecular complexity index is 702. The molecule has 1 saturated heterocycles. The van der Waals surface area contributed by atoms with E-state index in [0.29, 0.717) is 31.5 Å². The van der Waals surface area contributed by atoms with E-state index in [1.807, 2.05) is 6.92 Å². The van der Waals surface area contributed by atoms with Gasteiger partial charge in [-0.3, -0.25) is 4.79 Å². The summed E-state index contributed by atoms with van der Waals surface area (Å²) >= 11 is 0. The van der Waals surface area contributed by atoms with Gasteiger partial charge in [0.05, 0.1) is 4.90 Å². The second-order valence-electron chi connectivity index (χ2n) is 6.07. The molecule has 3 rings (SSSR count). The van der Waals surface area contributed by atoms with Gasteiger partial charge in [0.2, 0.25) is 10.0 Å². The third-order valence-electron chi connectivity index (χ3n) is 4.47. The summed E-state index contributed by atoms with van der Waals surface area (Å²) in [5, 5.41) is 2.75. The summed E-state index contributed by atoms with van der Waals surface area (Å²) < 4.78 is 27.2. The van der Waals surface area contributed by atoms with E-state index in [1.54, 1.807) is 12.1 Å². The van der Waals surface area contributed by atoms with Crippen LogP contribution in [0.4, 0.5) is 0 Å². The van der Waals surface area contributed by atoms with Crippen LogP contribution in [0, 0.1) is 0 Å². The van der Waals surface area contributed by atoms with Crippen molar-refractivity contribution >= 4 is 15.9 Å². The molecular weight excluding hydrogens is 302 g/mol. The largest absolute Gasteiger partial charge is 0.352 e. The van der Waals surface area contributed by atoms with Crippen molar-refractivity contribution in [2.75, 3.05) is 13.1 Å². The van der Waals surface area contributed by atoms with Crippen molar-refractivity contribution in [1.82, 2.24) is 9.62 Å². The van der Waals surface area contributed by atoms with E-state index in [1.165, 1.54) is 10.4 Å². The average molecular weight is 323 g/mol. The highest BCUT2D eigenvalue weighted by Gasteiger charge is 2.34. The molecule has 1 amide bonds. The van der Waals surface area contributed by atoms with Gasteiger partial charge in [0.15, 0.2) is 0 Å². The first-order valence-corrected chi connectivity index (χ1v) is 9.02. The van der Waals surface area contributed by atoms with Gasteiger partial charge in [0, 0.05) is 30.7 Å². The Labute approximate surface area is 130 Å². The molecule has 2 aliphatic rings. The Balaban J connectivity index is 1.96. The van der Waals surface area contributed by atoms with E-state index in [9.17, 15) is 13.2 Å². The smallest absolute Gasteiger partial charge is 0.251 e. The number of hydrogen-bond donors (Lipinski definition) is 2. The average Bonchev–Trinajstić information content (AvgIpc) is 2.47. The number of nitrogens with one attached hydrogen (secondary N) is 1. The molecule has 0 aliphatic carbocycles. The van der Waals surface area contributed by atoms with Crippen LogP contribution >= 0.6 is 0 Å². The van der Waals surface area contributed by atoms with Crippen molar-refractivity contribution in [3.8, 4) is 0 Å². The summed E-state index contributed by atoms with van der Waals surface area (Å²) in [7, 11) is -3.59. The monoisotopic (exact) mass is 323 g/mol. The molecule has 0 bridgehead atoms. The minimum atomic E-state index is -3.59. The number of piperidine rings is 1. The normalized spacial score (nSPS) is 26.4. The first-order chi connectivity index (χ1) is 10.4. The third-order valence-corrected chi connectivity index (χ3v) is 6.48. The molecule has 0 spiro atoms. The zero-order chi connectivity index (χ0) is 15.9. The predicted molar refractivity (Wildman–Crippen MR) is 83.0 cm³/mol. The van der Waals surface area contributed by atoms with E-state index in [4.69, 9.17) is 5.73 Å². The highest BCUT2D eigenvalue weighted by molar-refractivity contribution is 7.89. The van der Waals surface area contributed by atoms with Crippen molar-refractivity contribution < 1.29 is 13.2 Å². The minimum Gasteiger partial charge on any atom is -0.352 e. The first kappa shape index (κ1) is 15.5. The van der Waals surface area contributed by atoms with Crippen LogP contribution in [0.2, 0.25) is 0 Å². The van der Waals surface area contributed by atoms with E-state index in [2.05, 4.69) is 5.32 Å². The maximum absolute atomic E-state index is 12.9. The maximum atomic E-state index is 12.9. The Kier molecular flexibility index (Phi) is 3.96. The summed E-state index contributed by atoms with van der Waals surface area (Å²) in [5.41, 5.74) is 7.27. The van der Waals surface area contributed by atoms with Gasteiger partial charge in [-0.25, -0.2) is 8.42 Å².